The Labute approximate surface area is 184 Å². The van der Waals surface area contributed by atoms with Crippen molar-refractivity contribution in [3.05, 3.63) is 98.4 Å². The van der Waals surface area contributed by atoms with Crippen molar-refractivity contribution in [3.63, 3.8) is 0 Å². The molecule has 3 aromatic rings. The molecule has 32 heavy (non-hydrogen) atoms. The summed E-state index contributed by atoms with van der Waals surface area (Å²) in [6.45, 7) is 0. The highest BCUT2D eigenvalue weighted by Crippen LogP contribution is 2.56. The predicted molar refractivity (Wildman–Crippen MR) is 116 cm³/mol. The molecule has 5 heteroatoms. The van der Waals surface area contributed by atoms with Gasteiger partial charge in [-0.3, -0.25) is 0 Å². The van der Waals surface area contributed by atoms with Gasteiger partial charge in [-0.05, 0) is 33.9 Å². The summed E-state index contributed by atoms with van der Waals surface area (Å²) in [5, 5.41) is 39.7. The molecule has 2 atom stereocenters. The molecule has 3 aliphatic carbocycles. The lowest BCUT2D eigenvalue weighted by Gasteiger charge is -2.43. The third kappa shape index (κ3) is 2.34. The van der Waals surface area contributed by atoms with E-state index in [1.165, 1.54) is 0 Å². The third-order valence-corrected chi connectivity index (χ3v) is 6.39. The normalized spacial score (nSPS) is 16.2. The molecule has 5 nitrogen and oxygen atoms in total. The summed E-state index contributed by atoms with van der Waals surface area (Å²) in [6.07, 6.45) is 0. The fourth-order valence-electron chi connectivity index (χ4n) is 5.26. The molecule has 2 bridgehead atoms. The molecule has 0 unspecified atom stereocenters. The summed E-state index contributed by atoms with van der Waals surface area (Å²) in [6, 6.07) is 25.4. The van der Waals surface area contributed by atoms with Crippen molar-refractivity contribution in [2.75, 3.05) is 7.11 Å². The summed E-state index contributed by atoms with van der Waals surface area (Å²) in [7, 11) is 1.63. The van der Waals surface area contributed by atoms with Gasteiger partial charge in [0, 0.05) is 27.8 Å². The van der Waals surface area contributed by atoms with Gasteiger partial charge >= 0.3 is 0 Å². The van der Waals surface area contributed by atoms with Gasteiger partial charge in [0.2, 0.25) is 0 Å². The molecule has 0 spiro atoms. The Bertz CT molecular complexity index is 1590. The Morgan fingerprint density at radius 2 is 1.12 bits per heavy atom. The minimum Gasteiger partial charge on any atom is -0.496 e. The van der Waals surface area contributed by atoms with Crippen LogP contribution in [0.2, 0.25) is 0 Å². The summed E-state index contributed by atoms with van der Waals surface area (Å²) in [5.74, 6) is 0.193. The van der Waals surface area contributed by atoms with E-state index in [4.69, 9.17) is 4.74 Å². The lowest BCUT2D eigenvalue weighted by atomic mass is 9.60. The number of methoxy groups -OCH3 is 1. The molecule has 3 aromatic carbocycles. The summed E-state index contributed by atoms with van der Waals surface area (Å²) in [5.41, 5.74) is 5.83. The highest BCUT2D eigenvalue weighted by atomic mass is 16.5. The smallest absolute Gasteiger partial charge is 0.137 e. The van der Waals surface area contributed by atoms with Gasteiger partial charge in [0.15, 0.2) is 0 Å². The molecular formula is C27H14N4O. The summed E-state index contributed by atoms with van der Waals surface area (Å²) < 4.78 is 5.72. The first kappa shape index (κ1) is 19.1. The minimum atomic E-state index is -0.289. The van der Waals surface area contributed by atoms with Crippen LogP contribution in [0.15, 0.2) is 54.6 Å². The maximum Gasteiger partial charge on any atom is 0.137 e. The minimum absolute atomic E-state index is 0.00439. The monoisotopic (exact) mass is 410 g/mol. The molecule has 0 radical (unpaired) electrons. The highest BCUT2D eigenvalue weighted by Gasteiger charge is 2.44. The maximum atomic E-state index is 9.67. The van der Waals surface area contributed by atoms with Crippen molar-refractivity contribution in [2.24, 2.45) is 0 Å². The molecule has 0 heterocycles. The number of nitrogens with zero attached hydrogens (tertiary/aromatic N) is 4. The average molecular weight is 410 g/mol. The lowest BCUT2D eigenvalue weighted by molar-refractivity contribution is 0.406. The van der Waals surface area contributed by atoms with Gasteiger partial charge in [0.25, 0.3) is 0 Å². The van der Waals surface area contributed by atoms with Gasteiger partial charge in [-0.25, -0.2) is 0 Å². The molecule has 0 aliphatic heterocycles. The Morgan fingerprint density at radius 1 is 0.625 bits per heavy atom. The van der Waals surface area contributed by atoms with Gasteiger partial charge in [-0.2, -0.15) is 21.0 Å². The quantitative estimate of drug-likeness (QED) is 0.422. The molecule has 6 rings (SSSR count). The van der Waals surface area contributed by atoms with Gasteiger partial charge in [0.1, 0.15) is 41.2 Å². The second-order valence-electron chi connectivity index (χ2n) is 7.64. The van der Waals surface area contributed by atoms with Crippen LogP contribution in [0.1, 0.15) is 45.2 Å². The SMILES string of the molecule is COc1cccc2c1[C@H]1c3ccccc3[C@@H]2c2c1c(=C(C#N)C#N)ccc2=C(C#N)C#N. The van der Waals surface area contributed by atoms with Crippen LogP contribution in [0.5, 0.6) is 5.75 Å². The number of ether oxygens (including phenoxy) is 1. The van der Waals surface area contributed by atoms with E-state index in [0.717, 1.165) is 39.1 Å². The number of rotatable bonds is 1. The van der Waals surface area contributed by atoms with Crippen LogP contribution < -0.4 is 15.2 Å². The molecule has 3 aliphatic rings. The van der Waals surface area contributed by atoms with Crippen molar-refractivity contribution in [3.8, 4) is 30.0 Å². The predicted octanol–water partition coefficient (Wildman–Crippen LogP) is 3.08. The first-order chi connectivity index (χ1) is 15.7. The Balaban J connectivity index is 2.09. The zero-order valence-electron chi connectivity index (χ0n) is 17.0. The van der Waals surface area contributed by atoms with E-state index in [1.807, 2.05) is 54.6 Å². The van der Waals surface area contributed by atoms with Crippen LogP contribution in [0.25, 0.3) is 11.1 Å². The molecular weight excluding hydrogens is 396 g/mol. The summed E-state index contributed by atoms with van der Waals surface area (Å²) >= 11 is 0. The fourth-order valence-corrected chi connectivity index (χ4v) is 5.26. The van der Waals surface area contributed by atoms with Gasteiger partial charge in [0.05, 0.1) is 7.11 Å². The number of nitriles is 4. The van der Waals surface area contributed by atoms with E-state index in [-0.39, 0.29) is 23.0 Å². The molecule has 0 amide bonds. The topological polar surface area (TPSA) is 104 Å². The summed E-state index contributed by atoms with van der Waals surface area (Å²) in [4.78, 5) is 0. The van der Waals surface area contributed by atoms with Crippen molar-refractivity contribution in [1.82, 2.24) is 0 Å². The third-order valence-electron chi connectivity index (χ3n) is 6.39. The van der Waals surface area contributed by atoms with Crippen molar-refractivity contribution in [1.29, 1.82) is 21.0 Å². The van der Waals surface area contributed by atoms with E-state index in [9.17, 15) is 21.0 Å². The van der Waals surface area contributed by atoms with Crippen molar-refractivity contribution in [2.45, 2.75) is 11.8 Å². The Kier molecular flexibility index (Phi) is 4.27. The Hall–Kier alpha value is -4.84. The molecule has 148 valence electrons. The largest absolute Gasteiger partial charge is 0.496 e. The first-order valence-corrected chi connectivity index (χ1v) is 9.97. The standard InChI is InChI=1S/C27H14N4O/c1-32-22-8-4-7-21-23-19-5-2-3-6-20(19)27(24(21)22)26-18(16(13-30)14-31)10-9-17(25(23)26)15(11-28)12-29/h2-10,23,27H,1H3/t23-,27+/m0/s1. The van der Waals surface area contributed by atoms with Crippen molar-refractivity contribution >= 4 is 11.1 Å². The zero-order valence-corrected chi connectivity index (χ0v) is 17.0. The van der Waals surface area contributed by atoms with E-state index in [1.54, 1.807) is 19.2 Å². The van der Waals surface area contributed by atoms with Crippen LogP contribution in [-0.2, 0) is 0 Å². The molecule has 0 saturated heterocycles. The highest BCUT2D eigenvalue weighted by molar-refractivity contribution is 5.80. The van der Waals surface area contributed by atoms with E-state index < -0.39 is 0 Å². The van der Waals surface area contributed by atoms with Crippen molar-refractivity contribution < 1.29 is 4.74 Å². The van der Waals surface area contributed by atoms with Crippen LogP contribution in [0, 0.1) is 45.3 Å². The second-order valence-corrected chi connectivity index (χ2v) is 7.64. The first-order valence-electron chi connectivity index (χ1n) is 9.97. The van der Waals surface area contributed by atoms with Gasteiger partial charge in [-0.15, -0.1) is 0 Å². The molecule has 0 aromatic heterocycles. The van der Waals surface area contributed by atoms with E-state index in [2.05, 4.69) is 12.1 Å². The number of benzene rings is 3. The molecule has 0 saturated carbocycles. The van der Waals surface area contributed by atoms with Crippen LogP contribution >= 0.6 is 0 Å². The van der Waals surface area contributed by atoms with E-state index in [0.29, 0.717) is 10.4 Å². The van der Waals surface area contributed by atoms with Gasteiger partial charge in [-0.1, -0.05) is 48.5 Å². The molecule has 0 fully saturated rings. The van der Waals surface area contributed by atoms with Gasteiger partial charge < -0.3 is 4.74 Å². The zero-order chi connectivity index (χ0) is 22.4. The second kappa shape index (κ2) is 7.14. The Morgan fingerprint density at radius 3 is 1.66 bits per heavy atom. The maximum absolute atomic E-state index is 9.67. The fraction of sp³-hybridized carbons (Fsp3) is 0.111. The average Bonchev–Trinajstić information content (AvgIpc) is 2.85. The lowest BCUT2D eigenvalue weighted by Crippen LogP contribution is -2.38. The van der Waals surface area contributed by atoms with Crippen LogP contribution in [0.3, 0.4) is 0 Å². The number of hydrogen-bond donors (Lipinski definition) is 0. The van der Waals surface area contributed by atoms with Crippen LogP contribution in [0.4, 0.5) is 0 Å². The van der Waals surface area contributed by atoms with E-state index >= 15 is 0 Å². The molecule has 0 N–H and O–H groups in total. The van der Waals surface area contributed by atoms with Crippen LogP contribution in [-0.4, -0.2) is 7.11 Å². The number of hydrogen-bond acceptors (Lipinski definition) is 5.